The summed E-state index contributed by atoms with van der Waals surface area (Å²) >= 11 is 6.01. The van der Waals surface area contributed by atoms with Gasteiger partial charge in [0.2, 0.25) is 0 Å². The highest BCUT2D eigenvalue weighted by Crippen LogP contribution is 2.42. The molecule has 1 unspecified atom stereocenters. The molecule has 1 aliphatic rings. The number of benzene rings is 2. The van der Waals surface area contributed by atoms with Crippen LogP contribution in [-0.4, -0.2) is 40.2 Å². The van der Waals surface area contributed by atoms with Crippen LogP contribution in [0.5, 0.6) is 0 Å². The fraction of sp³-hybridized carbons (Fsp3) is 0.320. The molecule has 0 saturated carbocycles. The lowest BCUT2D eigenvalue weighted by atomic mass is 10.00. The van der Waals surface area contributed by atoms with E-state index < -0.39 is 17.8 Å². The van der Waals surface area contributed by atoms with Crippen molar-refractivity contribution in [3.05, 3.63) is 82.1 Å². The molecule has 1 N–H and O–H groups in total. The summed E-state index contributed by atoms with van der Waals surface area (Å²) in [7, 11) is 0. The van der Waals surface area contributed by atoms with E-state index in [1.807, 2.05) is 0 Å². The second kappa shape index (κ2) is 9.23. The summed E-state index contributed by atoms with van der Waals surface area (Å²) in [5.41, 5.74) is 0.580. The molecule has 1 aliphatic heterocycles. The van der Waals surface area contributed by atoms with E-state index in [-0.39, 0.29) is 35.9 Å². The highest BCUT2D eigenvalue weighted by atomic mass is 35.5. The number of likely N-dealkylation sites (tertiary alicyclic amines) is 1. The number of rotatable bonds is 5. The molecule has 3 aromatic rings. The van der Waals surface area contributed by atoms with Crippen molar-refractivity contribution >= 4 is 17.5 Å². The molecule has 1 amide bonds. The third-order valence-electron chi connectivity index (χ3n) is 6.13. The number of aliphatic hydroxyl groups is 1. The van der Waals surface area contributed by atoms with Gasteiger partial charge in [-0.25, -0.2) is 0 Å². The van der Waals surface area contributed by atoms with Gasteiger partial charge < -0.3 is 14.6 Å². The lowest BCUT2D eigenvalue weighted by molar-refractivity contribution is -0.143. The molecule has 174 valence electrons. The molecule has 0 radical (unpaired) electrons. The van der Waals surface area contributed by atoms with Gasteiger partial charge in [-0.3, -0.25) is 4.79 Å². The van der Waals surface area contributed by atoms with E-state index in [0.717, 1.165) is 4.57 Å². The zero-order chi connectivity index (χ0) is 23.8. The van der Waals surface area contributed by atoms with Gasteiger partial charge in [0.15, 0.2) is 0 Å². The van der Waals surface area contributed by atoms with Crippen molar-refractivity contribution in [3.63, 3.8) is 0 Å². The largest absolute Gasteiger partial charge is 0.431 e. The lowest BCUT2D eigenvalue weighted by Gasteiger charge is -2.21. The molecule has 2 heterocycles. The van der Waals surface area contributed by atoms with E-state index in [4.69, 9.17) is 11.6 Å². The van der Waals surface area contributed by atoms with E-state index in [1.54, 1.807) is 54.6 Å². The fourth-order valence-corrected chi connectivity index (χ4v) is 4.67. The maximum atomic E-state index is 14.3. The monoisotopic (exact) mass is 476 g/mol. The molecule has 1 aromatic heterocycles. The summed E-state index contributed by atoms with van der Waals surface area (Å²) in [6, 6.07) is 15.3. The molecule has 1 atom stereocenters. The topological polar surface area (TPSA) is 45.5 Å². The SMILES string of the molecule is Cc1c(-c2ccc(Cl)cc2)c(C(=O)N2CCC(CO)C2)n(Cc2ccccc2)c1C(F)(F)F. The van der Waals surface area contributed by atoms with Crippen LogP contribution in [-0.2, 0) is 12.7 Å². The quantitative estimate of drug-likeness (QED) is 0.518. The van der Waals surface area contributed by atoms with Crippen LogP contribution in [0.15, 0.2) is 54.6 Å². The Hall–Kier alpha value is -2.77. The molecule has 4 nitrogen and oxygen atoms in total. The number of carbonyl (C=O) groups excluding carboxylic acids is 1. The Morgan fingerprint density at radius 2 is 1.79 bits per heavy atom. The number of amides is 1. The molecule has 1 fully saturated rings. The van der Waals surface area contributed by atoms with Gasteiger partial charge in [0.25, 0.3) is 5.91 Å². The van der Waals surface area contributed by atoms with Gasteiger partial charge in [-0.05, 0) is 42.2 Å². The second-order valence-corrected chi connectivity index (χ2v) is 8.80. The van der Waals surface area contributed by atoms with Crippen LogP contribution in [0.4, 0.5) is 13.2 Å². The maximum Gasteiger partial charge on any atom is 0.431 e. The van der Waals surface area contributed by atoms with Crippen molar-refractivity contribution in [2.75, 3.05) is 19.7 Å². The molecular formula is C25H24ClF3N2O2. The van der Waals surface area contributed by atoms with Crippen LogP contribution in [0.2, 0.25) is 5.02 Å². The van der Waals surface area contributed by atoms with Crippen LogP contribution >= 0.6 is 11.6 Å². The van der Waals surface area contributed by atoms with Gasteiger partial charge in [-0.1, -0.05) is 54.1 Å². The van der Waals surface area contributed by atoms with Crippen molar-refractivity contribution in [2.24, 2.45) is 5.92 Å². The zero-order valence-corrected chi connectivity index (χ0v) is 18.8. The third kappa shape index (κ3) is 4.66. The minimum Gasteiger partial charge on any atom is -0.396 e. The van der Waals surface area contributed by atoms with Crippen LogP contribution in [0, 0.1) is 12.8 Å². The summed E-state index contributed by atoms with van der Waals surface area (Å²) in [6.07, 6.45) is -4.04. The van der Waals surface area contributed by atoms with E-state index in [0.29, 0.717) is 35.7 Å². The van der Waals surface area contributed by atoms with Gasteiger partial charge in [0.1, 0.15) is 11.4 Å². The Morgan fingerprint density at radius 3 is 2.36 bits per heavy atom. The van der Waals surface area contributed by atoms with Gasteiger partial charge in [0, 0.05) is 42.7 Å². The summed E-state index contributed by atoms with van der Waals surface area (Å²) < 4.78 is 44.1. The molecule has 4 rings (SSSR count). The lowest BCUT2D eigenvalue weighted by Crippen LogP contribution is -2.32. The first-order valence-corrected chi connectivity index (χ1v) is 11.1. The van der Waals surface area contributed by atoms with E-state index in [9.17, 15) is 23.1 Å². The summed E-state index contributed by atoms with van der Waals surface area (Å²) in [6.45, 7) is 1.95. The predicted molar refractivity (Wildman–Crippen MR) is 121 cm³/mol. The van der Waals surface area contributed by atoms with Crippen molar-refractivity contribution < 1.29 is 23.1 Å². The summed E-state index contributed by atoms with van der Waals surface area (Å²) in [4.78, 5) is 15.2. The van der Waals surface area contributed by atoms with Crippen LogP contribution in [0.3, 0.4) is 0 Å². The molecule has 0 aliphatic carbocycles. The van der Waals surface area contributed by atoms with E-state index >= 15 is 0 Å². The minimum absolute atomic E-state index is 0.00186. The smallest absolute Gasteiger partial charge is 0.396 e. The third-order valence-corrected chi connectivity index (χ3v) is 6.38. The first-order chi connectivity index (χ1) is 15.7. The number of carbonyl (C=O) groups is 1. The standard InChI is InChI=1S/C25H24ClF3N2O2/c1-16-21(19-7-9-20(26)10-8-19)22(24(33)30-12-11-18(13-30)15-32)31(23(16)25(27,28)29)14-17-5-3-2-4-6-17/h2-10,18,32H,11-15H2,1H3. The number of hydrogen-bond acceptors (Lipinski definition) is 2. The van der Waals surface area contributed by atoms with Crippen molar-refractivity contribution in [1.29, 1.82) is 0 Å². The van der Waals surface area contributed by atoms with Crippen molar-refractivity contribution in [1.82, 2.24) is 9.47 Å². The number of nitrogens with zero attached hydrogens (tertiary/aromatic N) is 2. The molecule has 0 bridgehead atoms. The van der Waals surface area contributed by atoms with Crippen LogP contribution < -0.4 is 0 Å². The number of aromatic nitrogens is 1. The van der Waals surface area contributed by atoms with E-state index in [2.05, 4.69) is 0 Å². The highest BCUT2D eigenvalue weighted by molar-refractivity contribution is 6.30. The van der Waals surface area contributed by atoms with E-state index in [1.165, 1.54) is 11.8 Å². The van der Waals surface area contributed by atoms with Gasteiger partial charge in [0.05, 0.1) is 0 Å². The van der Waals surface area contributed by atoms with Gasteiger partial charge in [-0.15, -0.1) is 0 Å². The summed E-state index contributed by atoms with van der Waals surface area (Å²) in [5.74, 6) is -0.543. The fourth-order valence-electron chi connectivity index (χ4n) is 4.54. The Balaban J connectivity index is 1.95. The molecule has 33 heavy (non-hydrogen) atoms. The zero-order valence-electron chi connectivity index (χ0n) is 18.1. The van der Waals surface area contributed by atoms with Gasteiger partial charge in [-0.2, -0.15) is 13.2 Å². The number of aliphatic hydroxyl groups excluding tert-OH is 1. The Labute approximate surface area is 195 Å². The van der Waals surface area contributed by atoms with Crippen LogP contribution in [0.25, 0.3) is 11.1 Å². The van der Waals surface area contributed by atoms with Crippen LogP contribution in [0.1, 0.15) is 33.7 Å². The number of hydrogen-bond donors (Lipinski definition) is 1. The summed E-state index contributed by atoms with van der Waals surface area (Å²) in [5, 5.41) is 9.95. The number of halogens is 4. The molecule has 2 aromatic carbocycles. The Bertz CT molecular complexity index is 1140. The minimum atomic E-state index is -4.66. The first-order valence-electron chi connectivity index (χ1n) is 10.7. The average Bonchev–Trinajstić information content (AvgIpc) is 3.37. The Kier molecular flexibility index (Phi) is 6.54. The van der Waals surface area contributed by atoms with Gasteiger partial charge >= 0.3 is 6.18 Å². The maximum absolute atomic E-state index is 14.3. The average molecular weight is 477 g/mol. The molecular weight excluding hydrogens is 453 g/mol. The second-order valence-electron chi connectivity index (χ2n) is 8.36. The molecule has 8 heteroatoms. The van der Waals surface area contributed by atoms with Crippen molar-refractivity contribution in [2.45, 2.75) is 26.1 Å². The predicted octanol–water partition coefficient (Wildman–Crippen LogP) is 5.64. The molecule has 1 saturated heterocycles. The first kappa shape index (κ1) is 23.4. The highest BCUT2D eigenvalue weighted by Gasteiger charge is 2.42. The number of alkyl halides is 3. The van der Waals surface area contributed by atoms with Crippen molar-refractivity contribution in [3.8, 4) is 11.1 Å². The molecule has 0 spiro atoms. The Morgan fingerprint density at radius 1 is 1.12 bits per heavy atom. The normalized spacial score (nSPS) is 16.4.